The molecule has 4 nitrogen and oxygen atoms in total. The van der Waals surface area contributed by atoms with Crippen LogP contribution in [0.4, 0.5) is 5.88 Å². The van der Waals surface area contributed by atoms with Crippen LogP contribution < -0.4 is 5.09 Å². The Bertz CT molecular complexity index is 246. The molecule has 0 amide bonds. The molecule has 1 heterocycles. The van der Waals surface area contributed by atoms with E-state index in [9.17, 15) is 4.57 Å². The van der Waals surface area contributed by atoms with Gasteiger partial charge in [0.2, 0.25) is 5.88 Å². The van der Waals surface area contributed by atoms with Crippen LogP contribution in [0.2, 0.25) is 0 Å². The summed E-state index contributed by atoms with van der Waals surface area (Å²) in [5.41, 5.74) is 1.75. The van der Waals surface area contributed by atoms with Crippen LogP contribution >= 0.6 is 8.61 Å². The molecule has 1 unspecified atom stereocenters. The van der Waals surface area contributed by atoms with Gasteiger partial charge in [-0.05, 0) is 13.8 Å². The summed E-state index contributed by atoms with van der Waals surface area (Å²) in [4.78, 5) is 0. The molecule has 0 saturated carbocycles. The van der Waals surface area contributed by atoms with Gasteiger partial charge in [-0.1, -0.05) is 5.16 Å². The van der Waals surface area contributed by atoms with Gasteiger partial charge >= 0.3 is 0 Å². The molecule has 0 radical (unpaired) electrons. The van der Waals surface area contributed by atoms with Gasteiger partial charge in [-0.3, -0.25) is 0 Å². The summed E-state index contributed by atoms with van der Waals surface area (Å²) in [6.07, 6.45) is 0. The predicted molar refractivity (Wildman–Crippen MR) is 40.0 cm³/mol. The second kappa shape index (κ2) is 2.88. The Hall–Kier alpha value is -0.760. The van der Waals surface area contributed by atoms with Crippen molar-refractivity contribution >= 4 is 14.5 Å². The van der Waals surface area contributed by atoms with Crippen LogP contribution in [0.3, 0.4) is 0 Å². The molecule has 0 fully saturated rings. The molecule has 0 saturated heterocycles. The second-order valence-corrected chi connectivity index (χ2v) is 2.51. The lowest BCUT2D eigenvalue weighted by Crippen LogP contribution is -1.79. The van der Waals surface area contributed by atoms with Gasteiger partial charge in [0.1, 0.15) is 8.61 Å². The Morgan fingerprint density at radius 3 is 2.70 bits per heavy atom. The Kier molecular flexibility index (Phi) is 2.12. The molecular weight excluding hydrogens is 151 g/mol. The minimum Gasteiger partial charge on any atom is -0.338 e. The summed E-state index contributed by atoms with van der Waals surface area (Å²) in [5, 5.41) is 6.27. The SMILES string of the molecule is Cc1noc(N[PH2]=O)c1C. The zero-order valence-electron chi connectivity index (χ0n) is 5.84. The van der Waals surface area contributed by atoms with E-state index in [1.54, 1.807) is 0 Å². The van der Waals surface area contributed by atoms with E-state index in [1.807, 2.05) is 13.8 Å². The van der Waals surface area contributed by atoms with E-state index in [2.05, 4.69) is 10.2 Å². The van der Waals surface area contributed by atoms with E-state index < -0.39 is 8.61 Å². The van der Waals surface area contributed by atoms with Gasteiger partial charge in [0.15, 0.2) is 0 Å². The molecule has 0 aliphatic carbocycles. The molecule has 0 spiro atoms. The third kappa shape index (κ3) is 1.21. The highest BCUT2D eigenvalue weighted by atomic mass is 31.1. The van der Waals surface area contributed by atoms with Gasteiger partial charge in [0.05, 0.1) is 5.69 Å². The van der Waals surface area contributed by atoms with Crippen LogP contribution in [-0.2, 0) is 4.57 Å². The van der Waals surface area contributed by atoms with Crippen LogP contribution in [0.5, 0.6) is 0 Å². The molecule has 56 valence electrons. The van der Waals surface area contributed by atoms with Crippen molar-refractivity contribution in [1.29, 1.82) is 0 Å². The maximum Gasteiger partial charge on any atom is 0.232 e. The molecule has 1 rings (SSSR count). The largest absolute Gasteiger partial charge is 0.338 e. The zero-order chi connectivity index (χ0) is 7.56. The molecule has 0 bridgehead atoms. The second-order valence-electron chi connectivity index (χ2n) is 1.98. The van der Waals surface area contributed by atoms with Crippen molar-refractivity contribution in [3.05, 3.63) is 11.3 Å². The van der Waals surface area contributed by atoms with E-state index in [4.69, 9.17) is 4.52 Å². The molecule has 1 atom stereocenters. The fraction of sp³-hybridized carbons (Fsp3) is 0.400. The minimum absolute atomic E-state index is 0.516. The number of anilines is 1. The molecule has 1 N–H and O–H groups in total. The van der Waals surface area contributed by atoms with E-state index in [0.29, 0.717) is 5.88 Å². The Morgan fingerprint density at radius 2 is 2.30 bits per heavy atom. The number of nitrogens with zero attached hydrogens (tertiary/aromatic N) is 1. The molecule has 0 aliphatic heterocycles. The van der Waals surface area contributed by atoms with Crippen molar-refractivity contribution in [2.75, 3.05) is 5.09 Å². The molecule has 0 aliphatic rings. The Labute approximate surface area is 59.9 Å². The summed E-state index contributed by atoms with van der Waals surface area (Å²) >= 11 is 0. The maximum atomic E-state index is 10.1. The number of hydrogen-bond acceptors (Lipinski definition) is 3. The van der Waals surface area contributed by atoms with Crippen molar-refractivity contribution in [3.8, 4) is 0 Å². The first-order valence-corrected chi connectivity index (χ1v) is 3.93. The van der Waals surface area contributed by atoms with Gasteiger partial charge in [0, 0.05) is 5.56 Å². The molecule has 0 aromatic carbocycles. The van der Waals surface area contributed by atoms with Gasteiger partial charge in [-0.2, -0.15) is 0 Å². The maximum absolute atomic E-state index is 10.1. The number of nitrogens with one attached hydrogen (secondary N) is 1. The summed E-state index contributed by atoms with van der Waals surface area (Å²) in [6.45, 7) is 3.70. The van der Waals surface area contributed by atoms with Crippen molar-refractivity contribution in [3.63, 3.8) is 0 Å². The lowest BCUT2D eigenvalue weighted by atomic mass is 10.3. The van der Waals surface area contributed by atoms with Crippen molar-refractivity contribution in [2.24, 2.45) is 0 Å². The van der Waals surface area contributed by atoms with Crippen molar-refractivity contribution < 1.29 is 9.09 Å². The zero-order valence-corrected chi connectivity index (χ0v) is 7.00. The topological polar surface area (TPSA) is 55.1 Å². The third-order valence-electron chi connectivity index (χ3n) is 1.35. The highest BCUT2D eigenvalue weighted by Gasteiger charge is 2.04. The molecule has 1 aromatic rings. The van der Waals surface area contributed by atoms with E-state index in [1.165, 1.54) is 0 Å². The number of aromatic nitrogens is 1. The van der Waals surface area contributed by atoms with Gasteiger partial charge in [-0.25, -0.2) is 0 Å². The third-order valence-corrected chi connectivity index (χ3v) is 1.73. The fourth-order valence-corrected chi connectivity index (χ4v) is 0.980. The molecular formula is C5H9N2O2P. The van der Waals surface area contributed by atoms with Crippen LogP contribution in [0, 0.1) is 13.8 Å². The molecule has 5 heteroatoms. The lowest BCUT2D eigenvalue weighted by Gasteiger charge is -1.90. The highest BCUT2D eigenvalue weighted by molar-refractivity contribution is 7.25. The summed E-state index contributed by atoms with van der Waals surface area (Å²) in [7, 11) is -1.01. The average molecular weight is 160 g/mol. The van der Waals surface area contributed by atoms with Gasteiger partial charge < -0.3 is 14.2 Å². The first-order valence-electron chi connectivity index (χ1n) is 2.88. The number of aryl methyl sites for hydroxylation is 1. The Morgan fingerprint density at radius 1 is 1.60 bits per heavy atom. The quantitative estimate of drug-likeness (QED) is 0.664. The molecule has 10 heavy (non-hydrogen) atoms. The minimum atomic E-state index is -1.01. The monoisotopic (exact) mass is 160 g/mol. The normalized spacial score (nSPS) is 11.0. The van der Waals surface area contributed by atoms with Crippen LogP contribution in [0.15, 0.2) is 4.52 Å². The Balaban J connectivity index is 2.93. The lowest BCUT2D eigenvalue weighted by molar-refractivity contribution is 0.430. The van der Waals surface area contributed by atoms with Crippen LogP contribution in [0.1, 0.15) is 11.3 Å². The average Bonchev–Trinajstić information content (AvgIpc) is 2.20. The molecule has 1 aromatic heterocycles. The van der Waals surface area contributed by atoms with E-state index >= 15 is 0 Å². The predicted octanol–water partition coefficient (Wildman–Crippen LogP) is 1.37. The standard InChI is InChI=1S/C5H9N2O2P/c1-3-4(2)6-9-5(3)7-10-8/h10H2,1-2H3,(H,7,8). The summed E-state index contributed by atoms with van der Waals surface area (Å²) < 4.78 is 14.9. The van der Waals surface area contributed by atoms with Gasteiger partial charge in [0.25, 0.3) is 0 Å². The van der Waals surface area contributed by atoms with Gasteiger partial charge in [-0.15, -0.1) is 0 Å². The fourth-order valence-electron chi connectivity index (χ4n) is 0.603. The number of rotatable bonds is 2. The first kappa shape index (κ1) is 7.35. The van der Waals surface area contributed by atoms with Crippen molar-refractivity contribution in [2.45, 2.75) is 13.8 Å². The summed E-state index contributed by atoms with van der Waals surface area (Å²) in [5.74, 6) is 0.516. The summed E-state index contributed by atoms with van der Waals surface area (Å²) in [6, 6.07) is 0. The smallest absolute Gasteiger partial charge is 0.232 e. The van der Waals surface area contributed by atoms with Crippen molar-refractivity contribution in [1.82, 2.24) is 5.16 Å². The van der Waals surface area contributed by atoms with Crippen LogP contribution in [-0.4, -0.2) is 5.16 Å². The van der Waals surface area contributed by atoms with Crippen LogP contribution in [0.25, 0.3) is 0 Å². The van der Waals surface area contributed by atoms with E-state index in [0.717, 1.165) is 11.3 Å². The van der Waals surface area contributed by atoms with E-state index in [-0.39, 0.29) is 0 Å². The number of hydrogen-bond donors (Lipinski definition) is 1. The highest BCUT2D eigenvalue weighted by Crippen LogP contribution is 2.19. The first-order chi connectivity index (χ1) is 4.75.